The van der Waals surface area contributed by atoms with Crippen LogP contribution < -0.4 is 10.1 Å². The van der Waals surface area contributed by atoms with Crippen molar-refractivity contribution >= 4 is 29.2 Å². The number of esters is 1. The molecule has 0 saturated carbocycles. The van der Waals surface area contributed by atoms with Crippen LogP contribution >= 0.6 is 11.6 Å². The Hall–Kier alpha value is -5.05. The second kappa shape index (κ2) is 12.1. The zero-order valence-electron chi connectivity index (χ0n) is 22.4. The molecule has 0 aliphatic heterocycles. The van der Waals surface area contributed by atoms with Crippen molar-refractivity contribution in [2.75, 3.05) is 19.0 Å². The fraction of sp³-hybridized carbons (Fsp3) is 0.185. The van der Waals surface area contributed by atoms with Crippen LogP contribution in [0.5, 0.6) is 5.88 Å². The number of carbonyl (C=O) groups excluding carboxylic acids is 1. The Balaban J connectivity index is 1.57. The first-order valence-corrected chi connectivity index (χ1v) is 12.8. The molecule has 4 heterocycles. The molecule has 0 bridgehead atoms. The number of imidazole rings is 1. The van der Waals surface area contributed by atoms with E-state index in [-0.39, 0.29) is 51.7 Å². The lowest BCUT2D eigenvalue weighted by Crippen LogP contribution is -2.13. The summed E-state index contributed by atoms with van der Waals surface area (Å²) in [6, 6.07) is 6.09. The van der Waals surface area contributed by atoms with Crippen LogP contribution in [0, 0.1) is 12.7 Å². The number of alkyl halides is 3. The van der Waals surface area contributed by atoms with Crippen LogP contribution in [-0.2, 0) is 17.5 Å². The first-order valence-electron chi connectivity index (χ1n) is 12.4. The van der Waals surface area contributed by atoms with Crippen LogP contribution in [0.15, 0.2) is 61.4 Å². The van der Waals surface area contributed by atoms with Gasteiger partial charge in [-0.15, -0.1) is 0 Å². The molecule has 16 heteroatoms. The number of nitrogens with zero attached hydrogens (tertiary/aromatic N) is 7. The molecule has 0 unspecified atom stereocenters. The van der Waals surface area contributed by atoms with Crippen molar-refractivity contribution in [1.29, 1.82) is 0 Å². The summed E-state index contributed by atoms with van der Waals surface area (Å²) in [5.74, 6) is -1.52. The maximum atomic E-state index is 13.6. The molecule has 0 atom stereocenters. The fourth-order valence-corrected chi connectivity index (χ4v) is 4.15. The van der Waals surface area contributed by atoms with E-state index in [1.165, 1.54) is 44.6 Å². The van der Waals surface area contributed by atoms with Crippen molar-refractivity contribution in [3.63, 3.8) is 0 Å². The summed E-state index contributed by atoms with van der Waals surface area (Å²) < 4.78 is 67.6. The van der Waals surface area contributed by atoms with Gasteiger partial charge in [0, 0.05) is 47.3 Å². The second-order valence-corrected chi connectivity index (χ2v) is 9.39. The number of anilines is 2. The first-order chi connectivity index (χ1) is 20.5. The zero-order valence-corrected chi connectivity index (χ0v) is 23.2. The summed E-state index contributed by atoms with van der Waals surface area (Å²) in [4.78, 5) is 29.6. The first kappa shape index (κ1) is 29.4. The van der Waals surface area contributed by atoms with Gasteiger partial charge in [-0.05, 0) is 37.3 Å². The topological polar surface area (TPSA) is 122 Å². The predicted octanol–water partition coefficient (Wildman–Crippen LogP) is 5.65. The van der Waals surface area contributed by atoms with Crippen LogP contribution in [0.1, 0.15) is 21.7 Å². The summed E-state index contributed by atoms with van der Waals surface area (Å²) in [6.45, 7) is 2.01. The molecule has 0 aliphatic carbocycles. The Bertz CT molecular complexity index is 1780. The van der Waals surface area contributed by atoms with Crippen molar-refractivity contribution in [1.82, 2.24) is 34.3 Å². The molecule has 0 radical (unpaired) electrons. The van der Waals surface area contributed by atoms with Crippen molar-refractivity contribution in [3.05, 3.63) is 89.2 Å². The lowest BCUT2D eigenvalue weighted by Gasteiger charge is -2.15. The number of methoxy groups -OCH3 is 1. The van der Waals surface area contributed by atoms with E-state index in [2.05, 4.69) is 30.4 Å². The predicted molar refractivity (Wildman–Crippen MR) is 146 cm³/mol. The highest BCUT2D eigenvalue weighted by Crippen LogP contribution is 2.33. The average Bonchev–Trinajstić information content (AvgIpc) is 3.64. The standard InChI is InChI=1S/C27H21ClF4N8O3/c1-15-9-22(27(30,31)32)38-40(15)23-19(13-35-26(37-23)36-17-3-4-21(29)20(28)11-17)16-10-18(25(41)42-2)24(34-12-16)43-8-7-39-6-5-33-14-39/h3-6,9-14H,7-8H2,1-2H3,(H,35,36,37). The third-order valence-corrected chi connectivity index (χ3v) is 6.33. The maximum absolute atomic E-state index is 13.6. The molecular weight excluding hydrogens is 596 g/mol. The molecule has 5 aromatic rings. The van der Waals surface area contributed by atoms with Crippen molar-refractivity contribution in [2.45, 2.75) is 19.6 Å². The number of nitrogens with one attached hydrogen (secondary N) is 1. The SMILES string of the molecule is COC(=O)c1cc(-c2cnc(Nc3ccc(F)c(Cl)c3)nc2-n2nc(C(F)(F)F)cc2C)cnc1OCCn1ccnc1. The monoisotopic (exact) mass is 616 g/mol. The number of aromatic nitrogens is 7. The molecule has 0 fully saturated rings. The Labute approximate surface area is 246 Å². The van der Waals surface area contributed by atoms with Crippen molar-refractivity contribution < 1.29 is 31.8 Å². The minimum absolute atomic E-state index is 0.0145. The van der Waals surface area contributed by atoms with Crippen LogP contribution in [0.3, 0.4) is 0 Å². The molecule has 222 valence electrons. The summed E-state index contributed by atoms with van der Waals surface area (Å²) in [5, 5.41) is 6.41. The van der Waals surface area contributed by atoms with Crippen LogP contribution in [0.25, 0.3) is 16.9 Å². The van der Waals surface area contributed by atoms with Gasteiger partial charge in [0.05, 0.1) is 25.0 Å². The Kier molecular flexibility index (Phi) is 8.25. The highest BCUT2D eigenvalue weighted by atomic mass is 35.5. The van der Waals surface area contributed by atoms with E-state index in [4.69, 9.17) is 21.1 Å². The molecule has 11 nitrogen and oxygen atoms in total. The van der Waals surface area contributed by atoms with Gasteiger partial charge in [-0.25, -0.2) is 28.8 Å². The van der Waals surface area contributed by atoms with E-state index in [1.54, 1.807) is 23.3 Å². The van der Waals surface area contributed by atoms with Crippen molar-refractivity contribution in [2.24, 2.45) is 0 Å². The van der Waals surface area contributed by atoms with Gasteiger partial charge < -0.3 is 19.4 Å². The Morgan fingerprint density at radius 1 is 1.14 bits per heavy atom. The number of halogens is 5. The molecule has 0 aliphatic rings. The Morgan fingerprint density at radius 3 is 2.63 bits per heavy atom. The van der Waals surface area contributed by atoms with Crippen LogP contribution in [-0.4, -0.2) is 54.0 Å². The van der Waals surface area contributed by atoms with Crippen LogP contribution in [0.4, 0.5) is 29.2 Å². The number of hydrogen-bond donors (Lipinski definition) is 1. The van der Waals surface area contributed by atoms with E-state index in [0.717, 1.165) is 16.8 Å². The molecule has 0 spiro atoms. The van der Waals surface area contributed by atoms with Gasteiger partial charge in [0.25, 0.3) is 0 Å². The molecule has 1 N–H and O–H groups in total. The van der Waals surface area contributed by atoms with E-state index in [0.29, 0.717) is 12.2 Å². The highest BCUT2D eigenvalue weighted by Gasteiger charge is 2.35. The molecule has 4 aromatic heterocycles. The van der Waals surface area contributed by atoms with E-state index in [1.807, 2.05) is 0 Å². The van der Waals surface area contributed by atoms with Gasteiger partial charge in [0.2, 0.25) is 11.8 Å². The molecule has 0 amide bonds. The molecule has 43 heavy (non-hydrogen) atoms. The normalized spacial score (nSPS) is 11.4. The summed E-state index contributed by atoms with van der Waals surface area (Å²) in [6.07, 6.45) is 2.92. The smallest absolute Gasteiger partial charge is 0.435 e. The van der Waals surface area contributed by atoms with Crippen LogP contribution in [0.2, 0.25) is 5.02 Å². The van der Waals surface area contributed by atoms with Gasteiger partial charge in [0.15, 0.2) is 11.5 Å². The van der Waals surface area contributed by atoms with Gasteiger partial charge >= 0.3 is 12.1 Å². The fourth-order valence-electron chi connectivity index (χ4n) is 3.97. The zero-order chi connectivity index (χ0) is 30.7. The number of rotatable bonds is 9. The summed E-state index contributed by atoms with van der Waals surface area (Å²) >= 11 is 5.87. The average molecular weight is 617 g/mol. The Morgan fingerprint density at radius 2 is 1.95 bits per heavy atom. The van der Waals surface area contributed by atoms with Crippen molar-refractivity contribution in [3.8, 4) is 22.8 Å². The quantitative estimate of drug-likeness (QED) is 0.165. The number of carbonyl (C=O) groups is 1. The number of benzene rings is 1. The highest BCUT2D eigenvalue weighted by molar-refractivity contribution is 6.31. The van der Waals surface area contributed by atoms with Gasteiger partial charge in [-0.2, -0.15) is 23.3 Å². The molecule has 0 saturated heterocycles. The van der Waals surface area contributed by atoms with E-state index in [9.17, 15) is 22.4 Å². The minimum Gasteiger partial charge on any atom is -0.475 e. The second-order valence-electron chi connectivity index (χ2n) is 8.98. The number of ether oxygens (including phenoxy) is 2. The third-order valence-electron chi connectivity index (χ3n) is 6.04. The van der Waals surface area contributed by atoms with E-state index < -0.39 is 23.7 Å². The lowest BCUT2D eigenvalue weighted by atomic mass is 10.1. The number of hydrogen-bond acceptors (Lipinski definition) is 9. The third kappa shape index (κ3) is 6.56. The molecular formula is C27H21ClF4N8O3. The number of pyridine rings is 1. The summed E-state index contributed by atoms with van der Waals surface area (Å²) in [7, 11) is 1.19. The van der Waals surface area contributed by atoms with Gasteiger partial charge in [0.1, 0.15) is 18.0 Å². The number of aryl methyl sites for hydroxylation is 1. The maximum Gasteiger partial charge on any atom is 0.435 e. The largest absolute Gasteiger partial charge is 0.475 e. The molecule has 5 rings (SSSR count). The molecule has 1 aromatic carbocycles. The lowest BCUT2D eigenvalue weighted by molar-refractivity contribution is -0.141. The minimum atomic E-state index is -4.72. The van der Waals surface area contributed by atoms with Gasteiger partial charge in [-0.1, -0.05) is 11.6 Å². The van der Waals surface area contributed by atoms with E-state index >= 15 is 0 Å². The summed E-state index contributed by atoms with van der Waals surface area (Å²) in [5.41, 5.74) is -0.284. The van der Waals surface area contributed by atoms with Gasteiger partial charge in [-0.3, -0.25) is 0 Å².